The zero-order valence-corrected chi connectivity index (χ0v) is 12.4. The van der Waals surface area contributed by atoms with Gasteiger partial charge in [0.25, 0.3) is 0 Å². The molecule has 5 heteroatoms. The predicted molar refractivity (Wildman–Crippen MR) is 75.0 cm³/mol. The third-order valence-electron chi connectivity index (χ3n) is 3.23. The van der Waals surface area contributed by atoms with Crippen LogP contribution in [0.25, 0.3) is 0 Å². The lowest BCUT2D eigenvalue weighted by molar-refractivity contribution is 0.586. The maximum absolute atomic E-state index is 4.61. The monoisotopic (exact) mass is 264 g/mol. The summed E-state index contributed by atoms with van der Waals surface area (Å²) >= 11 is 1.79. The molecule has 0 radical (unpaired) electrons. The van der Waals surface area contributed by atoms with Gasteiger partial charge < -0.3 is 5.32 Å². The van der Waals surface area contributed by atoms with Crippen molar-refractivity contribution in [3.8, 4) is 0 Å². The lowest BCUT2D eigenvalue weighted by Crippen LogP contribution is -2.19. The Labute approximate surface area is 112 Å². The maximum Gasteiger partial charge on any atom is 0.0949 e. The van der Waals surface area contributed by atoms with Crippen LogP contribution in [0.2, 0.25) is 0 Å². The Kier molecular flexibility index (Phi) is 3.82. The lowest BCUT2D eigenvalue weighted by atomic mass is 10.1. The van der Waals surface area contributed by atoms with Gasteiger partial charge in [0.15, 0.2) is 0 Å². The smallest absolute Gasteiger partial charge is 0.0949 e. The van der Waals surface area contributed by atoms with E-state index in [2.05, 4.69) is 42.4 Å². The highest BCUT2D eigenvalue weighted by atomic mass is 32.1. The van der Waals surface area contributed by atoms with Crippen LogP contribution >= 0.6 is 11.3 Å². The second-order valence-electron chi connectivity index (χ2n) is 4.64. The highest BCUT2D eigenvalue weighted by Gasteiger charge is 2.17. The number of rotatable bonds is 4. The fraction of sp³-hybridized carbons (Fsp3) is 0.538. The van der Waals surface area contributed by atoms with E-state index in [0.29, 0.717) is 0 Å². The number of likely N-dealkylation sites (N-methyl/N-ethyl adjacent to an activating group) is 1. The standard InChI is InChI=1S/C13H20N4S/c1-8-10(3)18-13(15-8)6-12(14-4)11-7-17(5)16-9(11)2/h7,12,14H,6H2,1-5H3. The number of hydrogen-bond donors (Lipinski definition) is 1. The summed E-state index contributed by atoms with van der Waals surface area (Å²) in [6.45, 7) is 6.25. The molecule has 2 aromatic rings. The Morgan fingerprint density at radius 3 is 2.50 bits per heavy atom. The number of aryl methyl sites for hydroxylation is 4. The summed E-state index contributed by atoms with van der Waals surface area (Å²) in [6, 6.07) is 0.281. The second kappa shape index (κ2) is 5.20. The van der Waals surface area contributed by atoms with E-state index in [1.807, 2.05) is 18.8 Å². The Bertz CT molecular complexity index is 522. The first-order valence-electron chi connectivity index (χ1n) is 6.11. The van der Waals surface area contributed by atoms with Crippen molar-refractivity contribution in [1.29, 1.82) is 0 Å². The number of nitrogens with one attached hydrogen (secondary N) is 1. The molecule has 0 aromatic carbocycles. The molecule has 0 saturated heterocycles. The molecule has 0 fully saturated rings. The van der Waals surface area contributed by atoms with Crippen molar-refractivity contribution in [2.24, 2.45) is 7.05 Å². The van der Waals surface area contributed by atoms with E-state index in [1.54, 1.807) is 11.3 Å². The Morgan fingerprint density at radius 2 is 2.06 bits per heavy atom. The molecule has 4 nitrogen and oxygen atoms in total. The van der Waals surface area contributed by atoms with E-state index >= 15 is 0 Å². The molecule has 0 amide bonds. The summed E-state index contributed by atoms with van der Waals surface area (Å²) in [5.41, 5.74) is 3.49. The van der Waals surface area contributed by atoms with Crippen LogP contribution in [0.1, 0.15) is 32.9 Å². The highest BCUT2D eigenvalue weighted by Crippen LogP contribution is 2.24. The van der Waals surface area contributed by atoms with Crippen LogP contribution in [0.15, 0.2) is 6.20 Å². The number of nitrogens with zero attached hydrogens (tertiary/aromatic N) is 3. The minimum Gasteiger partial charge on any atom is -0.313 e. The second-order valence-corrected chi connectivity index (χ2v) is 5.93. The van der Waals surface area contributed by atoms with Gasteiger partial charge in [0.1, 0.15) is 0 Å². The van der Waals surface area contributed by atoms with Crippen LogP contribution in [0.4, 0.5) is 0 Å². The molecule has 0 spiro atoms. The number of thiazole rings is 1. The first-order valence-corrected chi connectivity index (χ1v) is 6.93. The highest BCUT2D eigenvalue weighted by molar-refractivity contribution is 7.11. The molecule has 2 heterocycles. The Hall–Kier alpha value is -1.20. The van der Waals surface area contributed by atoms with Crippen LogP contribution in [-0.2, 0) is 13.5 Å². The van der Waals surface area contributed by atoms with Crippen LogP contribution in [-0.4, -0.2) is 21.8 Å². The molecule has 1 unspecified atom stereocenters. The summed E-state index contributed by atoms with van der Waals surface area (Å²) in [7, 11) is 3.95. The van der Waals surface area contributed by atoms with E-state index in [9.17, 15) is 0 Å². The first-order chi connectivity index (χ1) is 8.51. The molecular formula is C13H20N4S. The van der Waals surface area contributed by atoms with Gasteiger partial charge >= 0.3 is 0 Å². The van der Waals surface area contributed by atoms with E-state index in [1.165, 1.54) is 15.4 Å². The molecular weight excluding hydrogens is 244 g/mol. The van der Waals surface area contributed by atoms with Crippen LogP contribution in [0, 0.1) is 20.8 Å². The molecule has 0 bridgehead atoms. The largest absolute Gasteiger partial charge is 0.313 e. The molecule has 0 aliphatic carbocycles. The first kappa shape index (κ1) is 13.2. The van der Waals surface area contributed by atoms with Crippen molar-refractivity contribution in [2.45, 2.75) is 33.2 Å². The molecule has 2 aromatic heterocycles. The van der Waals surface area contributed by atoms with Gasteiger partial charge in [0, 0.05) is 36.1 Å². The van der Waals surface area contributed by atoms with Gasteiger partial charge in [-0.15, -0.1) is 11.3 Å². The van der Waals surface area contributed by atoms with Crippen molar-refractivity contribution < 1.29 is 0 Å². The predicted octanol–water partition coefficient (Wildman–Crippen LogP) is 2.31. The minimum absolute atomic E-state index is 0.281. The topological polar surface area (TPSA) is 42.7 Å². The van der Waals surface area contributed by atoms with Crippen molar-refractivity contribution in [1.82, 2.24) is 20.1 Å². The molecule has 98 valence electrons. The third kappa shape index (κ3) is 2.62. The molecule has 0 aliphatic heterocycles. The zero-order valence-electron chi connectivity index (χ0n) is 11.6. The normalized spacial score (nSPS) is 12.9. The summed E-state index contributed by atoms with van der Waals surface area (Å²) in [6.07, 6.45) is 3.01. The summed E-state index contributed by atoms with van der Waals surface area (Å²) in [5, 5.41) is 8.95. The van der Waals surface area contributed by atoms with Gasteiger partial charge in [-0.25, -0.2) is 4.98 Å². The van der Waals surface area contributed by atoms with E-state index in [0.717, 1.165) is 17.8 Å². The van der Waals surface area contributed by atoms with Gasteiger partial charge in [-0.2, -0.15) is 5.10 Å². The minimum atomic E-state index is 0.281. The fourth-order valence-corrected chi connectivity index (χ4v) is 3.11. The SMILES string of the molecule is CNC(Cc1nc(C)c(C)s1)c1cn(C)nc1C. The number of aromatic nitrogens is 3. The third-order valence-corrected chi connectivity index (χ3v) is 4.32. The van der Waals surface area contributed by atoms with Crippen LogP contribution < -0.4 is 5.32 Å². The van der Waals surface area contributed by atoms with E-state index in [4.69, 9.17) is 0 Å². The van der Waals surface area contributed by atoms with Gasteiger partial charge in [0.2, 0.25) is 0 Å². The molecule has 1 N–H and O–H groups in total. The van der Waals surface area contributed by atoms with Gasteiger partial charge in [-0.1, -0.05) is 0 Å². The summed E-state index contributed by atoms with van der Waals surface area (Å²) < 4.78 is 1.87. The molecule has 2 rings (SSSR count). The molecule has 0 aliphatic rings. The zero-order chi connectivity index (χ0) is 13.3. The average Bonchev–Trinajstić information content (AvgIpc) is 2.79. The lowest BCUT2D eigenvalue weighted by Gasteiger charge is -2.13. The quantitative estimate of drug-likeness (QED) is 0.921. The average molecular weight is 264 g/mol. The van der Waals surface area contributed by atoms with Gasteiger partial charge in [0.05, 0.1) is 16.4 Å². The van der Waals surface area contributed by atoms with Gasteiger partial charge in [-0.3, -0.25) is 4.68 Å². The maximum atomic E-state index is 4.61. The van der Waals surface area contributed by atoms with Crippen LogP contribution in [0.3, 0.4) is 0 Å². The molecule has 1 atom stereocenters. The van der Waals surface area contributed by atoms with Crippen molar-refractivity contribution in [3.63, 3.8) is 0 Å². The van der Waals surface area contributed by atoms with E-state index < -0.39 is 0 Å². The summed E-state index contributed by atoms with van der Waals surface area (Å²) in [4.78, 5) is 5.92. The Balaban J connectivity index is 2.22. The van der Waals surface area contributed by atoms with Crippen molar-refractivity contribution in [3.05, 3.63) is 33.0 Å². The molecule has 0 saturated carbocycles. The summed E-state index contributed by atoms with van der Waals surface area (Å²) in [5.74, 6) is 0. The van der Waals surface area contributed by atoms with Crippen molar-refractivity contribution in [2.75, 3.05) is 7.05 Å². The fourth-order valence-electron chi connectivity index (χ4n) is 2.13. The van der Waals surface area contributed by atoms with E-state index in [-0.39, 0.29) is 6.04 Å². The molecule has 18 heavy (non-hydrogen) atoms. The van der Waals surface area contributed by atoms with Crippen LogP contribution in [0.5, 0.6) is 0 Å². The Morgan fingerprint density at radius 1 is 1.33 bits per heavy atom. The number of hydrogen-bond acceptors (Lipinski definition) is 4. The van der Waals surface area contributed by atoms with Gasteiger partial charge in [-0.05, 0) is 27.8 Å². The van der Waals surface area contributed by atoms with Crippen molar-refractivity contribution >= 4 is 11.3 Å².